The van der Waals surface area contributed by atoms with Gasteiger partial charge in [-0.3, -0.25) is 0 Å². The molecule has 2 aromatic rings. The molecule has 0 aromatic heterocycles. The van der Waals surface area contributed by atoms with E-state index in [9.17, 15) is 0 Å². The van der Waals surface area contributed by atoms with E-state index in [1.165, 1.54) is 47.6 Å². The van der Waals surface area contributed by atoms with E-state index in [1.54, 1.807) is 11.1 Å². The Kier molecular flexibility index (Phi) is 2.24. The van der Waals surface area contributed by atoms with Crippen LogP contribution in [0.2, 0.25) is 0 Å². The van der Waals surface area contributed by atoms with Crippen molar-refractivity contribution in [3.8, 4) is 0 Å². The maximum absolute atomic E-state index is 2.30. The summed E-state index contributed by atoms with van der Waals surface area (Å²) in [5.41, 5.74) is 6.33. The Hall–Kier alpha value is -1.30. The molecule has 0 N–H and O–H groups in total. The third kappa shape index (κ3) is 1.29. The van der Waals surface area contributed by atoms with Gasteiger partial charge in [0.2, 0.25) is 0 Å². The van der Waals surface area contributed by atoms with Crippen LogP contribution in [0.5, 0.6) is 0 Å². The van der Waals surface area contributed by atoms with Gasteiger partial charge in [-0.25, -0.2) is 0 Å². The van der Waals surface area contributed by atoms with E-state index in [1.807, 2.05) is 0 Å². The highest BCUT2D eigenvalue weighted by molar-refractivity contribution is 5.90. The Morgan fingerprint density at radius 3 is 1.62 bits per heavy atom. The van der Waals surface area contributed by atoms with Gasteiger partial charge >= 0.3 is 0 Å². The summed E-state index contributed by atoms with van der Waals surface area (Å²) in [6.07, 6.45) is 5.30. The molecule has 82 valence electrons. The zero-order valence-electron chi connectivity index (χ0n) is 10.1. The Balaban J connectivity index is 2.44. The van der Waals surface area contributed by atoms with Gasteiger partial charge in [-0.2, -0.15) is 0 Å². The van der Waals surface area contributed by atoms with Gasteiger partial charge < -0.3 is 0 Å². The van der Waals surface area contributed by atoms with Crippen LogP contribution in [-0.2, 0) is 12.8 Å². The normalized spacial score (nSPS) is 15.1. The molecule has 0 aliphatic heterocycles. The molecule has 2 aromatic carbocycles. The second-order valence-corrected chi connectivity index (χ2v) is 4.96. The lowest BCUT2D eigenvalue weighted by Crippen LogP contribution is -2.07. The first kappa shape index (κ1) is 9.89. The van der Waals surface area contributed by atoms with Crippen molar-refractivity contribution in [1.82, 2.24) is 0 Å². The second kappa shape index (κ2) is 3.62. The summed E-state index contributed by atoms with van der Waals surface area (Å²) < 4.78 is 0. The van der Waals surface area contributed by atoms with E-state index in [0.29, 0.717) is 0 Å². The minimum Gasteiger partial charge on any atom is -0.0616 e. The average molecular weight is 210 g/mol. The summed E-state index contributed by atoms with van der Waals surface area (Å²) in [5.74, 6) is 0. The fraction of sp³-hybridized carbons (Fsp3) is 0.375. The van der Waals surface area contributed by atoms with E-state index < -0.39 is 0 Å². The molecule has 3 rings (SSSR count). The second-order valence-electron chi connectivity index (χ2n) is 4.96. The van der Waals surface area contributed by atoms with Crippen molar-refractivity contribution in [1.29, 1.82) is 0 Å². The SMILES string of the molecule is Cc1c2c(c(C)c3ccccc13)CCCC2. The van der Waals surface area contributed by atoms with Crippen molar-refractivity contribution in [3.05, 3.63) is 46.5 Å². The largest absolute Gasteiger partial charge is 0.0616 e. The summed E-state index contributed by atoms with van der Waals surface area (Å²) in [6, 6.07) is 8.85. The van der Waals surface area contributed by atoms with Crippen LogP contribution in [0, 0.1) is 13.8 Å². The minimum absolute atomic E-state index is 1.28. The standard InChI is InChI=1S/C16H18/c1-11-13-7-3-5-9-15(13)12(2)16-10-6-4-8-14(11)16/h3,5,7,9H,4,6,8,10H2,1-2H3. The highest BCUT2D eigenvalue weighted by atomic mass is 14.2. The molecule has 0 saturated carbocycles. The Morgan fingerprint density at radius 2 is 1.19 bits per heavy atom. The molecule has 0 heteroatoms. The number of fused-ring (bicyclic) bond motifs is 2. The molecule has 0 fully saturated rings. The first-order valence-electron chi connectivity index (χ1n) is 6.28. The maximum atomic E-state index is 2.30. The highest BCUT2D eigenvalue weighted by Crippen LogP contribution is 2.34. The van der Waals surface area contributed by atoms with E-state index in [-0.39, 0.29) is 0 Å². The summed E-state index contributed by atoms with van der Waals surface area (Å²) in [4.78, 5) is 0. The fourth-order valence-corrected chi connectivity index (χ4v) is 3.20. The van der Waals surface area contributed by atoms with Crippen LogP contribution in [-0.4, -0.2) is 0 Å². The van der Waals surface area contributed by atoms with Crippen LogP contribution in [0.15, 0.2) is 24.3 Å². The summed E-state index contributed by atoms with van der Waals surface area (Å²) in [6.45, 7) is 4.60. The molecule has 1 aliphatic rings. The number of aryl methyl sites for hydroxylation is 2. The highest BCUT2D eigenvalue weighted by Gasteiger charge is 2.16. The molecule has 1 aliphatic carbocycles. The first-order valence-corrected chi connectivity index (χ1v) is 6.28. The molecule has 0 amide bonds. The van der Waals surface area contributed by atoms with Crippen LogP contribution in [0.1, 0.15) is 35.1 Å². The molecule has 0 nitrogen and oxygen atoms in total. The number of benzene rings is 2. The predicted octanol–water partition coefficient (Wildman–Crippen LogP) is 4.34. The zero-order chi connectivity index (χ0) is 11.1. The molecule has 0 saturated heterocycles. The van der Waals surface area contributed by atoms with E-state index in [4.69, 9.17) is 0 Å². The first-order chi connectivity index (χ1) is 7.79. The van der Waals surface area contributed by atoms with Crippen LogP contribution < -0.4 is 0 Å². The lowest BCUT2D eigenvalue weighted by Gasteiger charge is -2.22. The van der Waals surface area contributed by atoms with Crippen LogP contribution >= 0.6 is 0 Å². The van der Waals surface area contributed by atoms with Crippen LogP contribution in [0.4, 0.5) is 0 Å². The zero-order valence-corrected chi connectivity index (χ0v) is 10.1. The van der Waals surface area contributed by atoms with Crippen LogP contribution in [0.3, 0.4) is 0 Å². The van der Waals surface area contributed by atoms with E-state index >= 15 is 0 Å². The van der Waals surface area contributed by atoms with Crippen molar-refractivity contribution in [2.45, 2.75) is 39.5 Å². The lowest BCUT2D eigenvalue weighted by atomic mass is 9.82. The molecule has 0 atom stereocenters. The molecule has 0 heterocycles. The summed E-state index contributed by atoms with van der Waals surface area (Å²) in [7, 11) is 0. The smallest absolute Gasteiger partial charge is 0.0149 e. The van der Waals surface area contributed by atoms with Gasteiger partial charge in [-0.05, 0) is 72.6 Å². The number of rotatable bonds is 0. The van der Waals surface area contributed by atoms with Gasteiger partial charge in [0.05, 0.1) is 0 Å². The molecule has 0 unspecified atom stereocenters. The van der Waals surface area contributed by atoms with Gasteiger partial charge in [0.25, 0.3) is 0 Å². The fourth-order valence-electron chi connectivity index (χ4n) is 3.20. The van der Waals surface area contributed by atoms with Crippen molar-refractivity contribution in [2.24, 2.45) is 0 Å². The quantitative estimate of drug-likeness (QED) is 0.607. The lowest BCUT2D eigenvalue weighted by molar-refractivity contribution is 0.680. The molecule has 0 radical (unpaired) electrons. The summed E-state index contributed by atoms with van der Waals surface area (Å²) >= 11 is 0. The Bertz CT molecular complexity index is 499. The Labute approximate surface area is 97.3 Å². The topological polar surface area (TPSA) is 0 Å². The number of hydrogen-bond donors (Lipinski definition) is 0. The molecule has 0 spiro atoms. The van der Waals surface area contributed by atoms with Gasteiger partial charge in [0.15, 0.2) is 0 Å². The summed E-state index contributed by atoms with van der Waals surface area (Å²) in [5, 5.41) is 2.92. The van der Waals surface area contributed by atoms with E-state index in [2.05, 4.69) is 38.1 Å². The average Bonchev–Trinajstić information content (AvgIpc) is 2.36. The van der Waals surface area contributed by atoms with Crippen molar-refractivity contribution >= 4 is 10.8 Å². The third-order valence-electron chi connectivity index (χ3n) is 4.11. The van der Waals surface area contributed by atoms with Crippen molar-refractivity contribution in [3.63, 3.8) is 0 Å². The third-order valence-corrected chi connectivity index (χ3v) is 4.11. The molecular weight excluding hydrogens is 192 g/mol. The monoisotopic (exact) mass is 210 g/mol. The van der Waals surface area contributed by atoms with E-state index in [0.717, 1.165) is 0 Å². The van der Waals surface area contributed by atoms with Gasteiger partial charge in [0.1, 0.15) is 0 Å². The van der Waals surface area contributed by atoms with Crippen LogP contribution in [0.25, 0.3) is 10.8 Å². The van der Waals surface area contributed by atoms with Gasteiger partial charge in [0, 0.05) is 0 Å². The minimum atomic E-state index is 1.28. The molecule has 16 heavy (non-hydrogen) atoms. The van der Waals surface area contributed by atoms with Gasteiger partial charge in [-0.15, -0.1) is 0 Å². The van der Waals surface area contributed by atoms with Crippen molar-refractivity contribution in [2.75, 3.05) is 0 Å². The van der Waals surface area contributed by atoms with Crippen molar-refractivity contribution < 1.29 is 0 Å². The predicted molar refractivity (Wildman–Crippen MR) is 70.1 cm³/mol. The molecular formula is C16H18. The maximum Gasteiger partial charge on any atom is -0.0149 e. The van der Waals surface area contributed by atoms with Gasteiger partial charge in [-0.1, -0.05) is 24.3 Å². The Morgan fingerprint density at radius 1 is 0.750 bits per heavy atom. The molecule has 0 bridgehead atoms. The number of hydrogen-bond acceptors (Lipinski definition) is 0.